The molecule has 33 heavy (non-hydrogen) atoms. The van der Waals surface area contributed by atoms with Gasteiger partial charge in [0.05, 0.1) is 20.6 Å². The third-order valence-corrected chi connectivity index (χ3v) is 6.28. The van der Waals surface area contributed by atoms with Crippen LogP contribution in [0.1, 0.15) is 41.2 Å². The van der Waals surface area contributed by atoms with E-state index < -0.39 is 0 Å². The van der Waals surface area contributed by atoms with Crippen LogP contribution in [-0.2, 0) is 6.61 Å². The Balaban J connectivity index is 1.39. The van der Waals surface area contributed by atoms with E-state index in [1.165, 1.54) is 0 Å². The molecule has 3 aromatic carbocycles. The zero-order chi connectivity index (χ0) is 22.8. The van der Waals surface area contributed by atoms with Gasteiger partial charge in [0.2, 0.25) is 0 Å². The number of benzene rings is 3. The standard InChI is InChI=1S/C27H17Cl3NO2/c28-22-7-4-8-23(29)25(22)26-21(27(33-31-26)19-11-12-19)16-32-20-14-13-18(24(30)15-20)10-9-17-5-2-1-3-6-17/h1-2,4-8,13-15,19H,11-12,16H2. The third kappa shape index (κ3) is 4.89. The highest BCUT2D eigenvalue weighted by Gasteiger charge is 2.33. The van der Waals surface area contributed by atoms with Crippen molar-refractivity contribution in [1.29, 1.82) is 0 Å². The molecule has 1 fully saturated rings. The maximum Gasteiger partial charge on any atom is 0.147 e. The van der Waals surface area contributed by atoms with Crippen LogP contribution in [0.15, 0.2) is 65.2 Å². The number of aromatic nitrogens is 1. The molecular formula is C27H17Cl3NO2. The number of nitrogens with zero attached hydrogens (tertiary/aromatic N) is 1. The highest BCUT2D eigenvalue weighted by molar-refractivity contribution is 6.39. The van der Waals surface area contributed by atoms with E-state index >= 15 is 0 Å². The molecule has 1 saturated carbocycles. The van der Waals surface area contributed by atoms with Gasteiger partial charge in [-0.15, -0.1) is 0 Å². The van der Waals surface area contributed by atoms with Gasteiger partial charge in [-0.25, -0.2) is 0 Å². The van der Waals surface area contributed by atoms with Crippen LogP contribution in [-0.4, -0.2) is 5.16 Å². The maximum absolute atomic E-state index is 6.46. The Kier molecular flexibility index (Phi) is 6.33. The second-order valence-corrected chi connectivity index (χ2v) is 8.94. The zero-order valence-electron chi connectivity index (χ0n) is 17.4. The molecule has 0 amide bonds. The van der Waals surface area contributed by atoms with E-state index in [2.05, 4.69) is 23.1 Å². The molecule has 3 nitrogen and oxygen atoms in total. The van der Waals surface area contributed by atoms with Gasteiger partial charge >= 0.3 is 0 Å². The summed E-state index contributed by atoms with van der Waals surface area (Å²) < 4.78 is 11.8. The molecule has 0 bridgehead atoms. The van der Waals surface area contributed by atoms with E-state index in [0.29, 0.717) is 38.0 Å². The van der Waals surface area contributed by atoms with Crippen molar-refractivity contribution in [3.8, 4) is 28.8 Å². The second kappa shape index (κ2) is 9.53. The fourth-order valence-corrected chi connectivity index (χ4v) is 4.30. The van der Waals surface area contributed by atoms with Crippen LogP contribution in [0.3, 0.4) is 0 Å². The van der Waals surface area contributed by atoms with Crippen LogP contribution in [0.2, 0.25) is 15.1 Å². The van der Waals surface area contributed by atoms with Crippen molar-refractivity contribution in [2.45, 2.75) is 25.4 Å². The van der Waals surface area contributed by atoms with Crippen molar-refractivity contribution in [2.75, 3.05) is 0 Å². The Bertz CT molecular complexity index is 1350. The Labute approximate surface area is 207 Å². The highest BCUT2D eigenvalue weighted by Crippen LogP contribution is 2.46. The molecule has 1 aliphatic rings. The largest absolute Gasteiger partial charge is 0.489 e. The van der Waals surface area contributed by atoms with Gasteiger partial charge in [0.15, 0.2) is 0 Å². The summed E-state index contributed by atoms with van der Waals surface area (Å²) in [6, 6.07) is 21.3. The van der Waals surface area contributed by atoms with Crippen LogP contribution in [0.25, 0.3) is 11.3 Å². The Morgan fingerprint density at radius 2 is 1.82 bits per heavy atom. The van der Waals surface area contributed by atoms with E-state index in [4.69, 9.17) is 44.1 Å². The Hall–Kier alpha value is -2.90. The highest BCUT2D eigenvalue weighted by atomic mass is 35.5. The minimum Gasteiger partial charge on any atom is -0.489 e. The van der Waals surface area contributed by atoms with E-state index in [0.717, 1.165) is 35.3 Å². The molecule has 0 aliphatic heterocycles. The normalized spacial score (nSPS) is 12.8. The first kappa shape index (κ1) is 21.9. The maximum atomic E-state index is 6.46. The quantitative estimate of drug-likeness (QED) is 0.265. The van der Waals surface area contributed by atoms with Gasteiger partial charge in [0, 0.05) is 28.7 Å². The fraction of sp³-hybridized carbons (Fsp3) is 0.148. The van der Waals surface area contributed by atoms with E-state index in [1.807, 2.05) is 36.4 Å². The Morgan fingerprint density at radius 3 is 2.52 bits per heavy atom. The van der Waals surface area contributed by atoms with Gasteiger partial charge in [-0.05, 0) is 55.3 Å². The third-order valence-electron chi connectivity index (χ3n) is 5.34. The summed E-state index contributed by atoms with van der Waals surface area (Å²) in [5.41, 5.74) is 3.71. The number of hydrogen-bond donors (Lipinski definition) is 0. The lowest BCUT2D eigenvalue weighted by Crippen LogP contribution is -2.00. The molecule has 0 unspecified atom stereocenters. The van der Waals surface area contributed by atoms with Gasteiger partial charge in [0.1, 0.15) is 23.8 Å². The van der Waals surface area contributed by atoms with Crippen molar-refractivity contribution < 1.29 is 9.26 Å². The van der Waals surface area contributed by atoms with E-state index in [-0.39, 0.29) is 6.61 Å². The second-order valence-electron chi connectivity index (χ2n) is 7.72. The predicted molar refractivity (Wildman–Crippen MR) is 131 cm³/mol. The summed E-state index contributed by atoms with van der Waals surface area (Å²) in [6.45, 7) is 0.257. The number of rotatable bonds is 5. The number of ether oxygens (including phenoxy) is 1. The van der Waals surface area contributed by atoms with Crippen molar-refractivity contribution >= 4 is 34.8 Å². The number of halogens is 3. The van der Waals surface area contributed by atoms with Crippen LogP contribution in [0, 0.1) is 17.9 Å². The average Bonchev–Trinajstić information content (AvgIpc) is 3.58. The predicted octanol–water partition coefficient (Wildman–Crippen LogP) is 7.96. The molecule has 1 aliphatic carbocycles. The summed E-state index contributed by atoms with van der Waals surface area (Å²) in [5, 5.41) is 5.84. The first-order valence-electron chi connectivity index (χ1n) is 10.4. The molecule has 1 aromatic heterocycles. The van der Waals surface area contributed by atoms with Crippen molar-refractivity contribution in [3.63, 3.8) is 0 Å². The van der Waals surface area contributed by atoms with Crippen molar-refractivity contribution in [3.05, 3.63) is 104 Å². The molecular weight excluding hydrogens is 477 g/mol. The molecule has 4 aromatic rings. The van der Waals surface area contributed by atoms with Gasteiger partial charge in [-0.3, -0.25) is 0 Å². The van der Waals surface area contributed by atoms with E-state index in [9.17, 15) is 0 Å². The van der Waals surface area contributed by atoms with Gasteiger partial charge < -0.3 is 9.26 Å². The molecule has 163 valence electrons. The van der Waals surface area contributed by atoms with E-state index in [1.54, 1.807) is 24.3 Å². The molecule has 0 atom stereocenters. The molecule has 0 spiro atoms. The lowest BCUT2D eigenvalue weighted by molar-refractivity contribution is 0.300. The summed E-state index contributed by atoms with van der Waals surface area (Å²) in [7, 11) is 0. The Morgan fingerprint density at radius 1 is 1.00 bits per heavy atom. The van der Waals surface area contributed by atoms with Gasteiger partial charge in [-0.1, -0.05) is 70.0 Å². The average molecular weight is 494 g/mol. The fourth-order valence-electron chi connectivity index (χ4n) is 3.50. The van der Waals surface area contributed by atoms with Crippen LogP contribution < -0.4 is 4.74 Å². The van der Waals surface area contributed by atoms with Crippen LogP contribution in [0.4, 0.5) is 0 Å². The minimum atomic E-state index is 0.257. The molecule has 0 N–H and O–H groups in total. The van der Waals surface area contributed by atoms with Gasteiger partial charge in [-0.2, -0.15) is 0 Å². The van der Waals surface area contributed by atoms with Crippen LogP contribution in [0.5, 0.6) is 5.75 Å². The van der Waals surface area contributed by atoms with Crippen molar-refractivity contribution in [1.82, 2.24) is 5.16 Å². The first-order valence-corrected chi connectivity index (χ1v) is 11.6. The molecule has 1 radical (unpaired) electrons. The lowest BCUT2D eigenvalue weighted by Gasteiger charge is -2.10. The smallest absolute Gasteiger partial charge is 0.147 e. The summed E-state index contributed by atoms with van der Waals surface area (Å²) in [5.74, 6) is 7.98. The summed E-state index contributed by atoms with van der Waals surface area (Å²) in [4.78, 5) is 0. The molecule has 5 rings (SSSR count). The topological polar surface area (TPSA) is 35.3 Å². The summed E-state index contributed by atoms with van der Waals surface area (Å²) >= 11 is 19.3. The van der Waals surface area contributed by atoms with Crippen LogP contribution >= 0.6 is 34.8 Å². The monoisotopic (exact) mass is 492 g/mol. The summed E-state index contributed by atoms with van der Waals surface area (Å²) in [6.07, 6.45) is 2.13. The SMILES string of the molecule is Clc1cc(OCc2c(-c3c(Cl)cccc3Cl)noc2C2CC2)ccc1C#Cc1c[c]ccc1. The van der Waals surface area contributed by atoms with Crippen molar-refractivity contribution in [2.24, 2.45) is 0 Å². The molecule has 0 saturated heterocycles. The zero-order valence-corrected chi connectivity index (χ0v) is 19.6. The molecule has 1 heterocycles. The lowest BCUT2D eigenvalue weighted by atomic mass is 10.0. The minimum absolute atomic E-state index is 0.257. The number of hydrogen-bond acceptors (Lipinski definition) is 3. The van der Waals surface area contributed by atoms with Gasteiger partial charge in [0.25, 0.3) is 0 Å². The first-order chi connectivity index (χ1) is 16.1. The molecule has 6 heteroatoms.